The summed E-state index contributed by atoms with van der Waals surface area (Å²) in [4.78, 5) is 14.7. The summed E-state index contributed by atoms with van der Waals surface area (Å²) >= 11 is 0. The molecule has 2 saturated heterocycles. The molecule has 2 heterocycles. The van der Waals surface area contributed by atoms with Crippen molar-refractivity contribution < 1.29 is 9.53 Å². The summed E-state index contributed by atoms with van der Waals surface area (Å²) in [5, 5.41) is 0. The zero-order chi connectivity index (χ0) is 14.0. The van der Waals surface area contributed by atoms with E-state index in [0.717, 1.165) is 25.8 Å². The molecular weight excluding hydrogens is 252 g/mol. The van der Waals surface area contributed by atoms with Crippen molar-refractivity contribution in [2.75, 3.05) is 19.8 Å². The van der Waals surface area contributed by atoms with Crippen LogP contribution in [0.3, 0.4) is 0 Å². The molecule has 0 radical (unpaired) electrons. The van der Waals surface area contributed by atoms with Gasteiger partial charge in [-0.25, -0.2) is 0 Å². The minimum atomic E-state index is -0.792. The number of ether oxygens (including phenoxy) is 1. The van der Waals surface area contributed by atoms with Gasteiger partial charge in [-0.15, -0.1) is 0 Å². The summed E-state index contributed by atoms with van der Waals surface area (Å²) in [6.45, 7) is 1.79. The Balaban J connectivity index is 1.71. The molecule has 0 saturated carbocycles. The highest BCUT2D eigenvalue weighted by Gasteiger charge is 2.43. The number of likely N-dealkylation sites (tertiary alicyclic amines) is 1. The lowest BCUT2D eigenvalue weighted by Gasteiger charge is -2.32. The zero-order valence-electron chi connectivity index (χ0n) is 11.8. The van der Waals surface area contributed by atoms with Crippen LogP contribution < -0.4 is 5.73 Å². The summed E-state index contributed by atoms with van der Waals surface area (Å²) < 4.78 is 5.32. The van der Waals surface area contributed by atoms with E-state index in [1.165, 1.54) is 5.56 Å². The van der Waals surface area contributed by atoms with Crippen LogP contribution in [0.2, 0.25) is 0 Å². The molecule has 108 valence electrons. The first-order chi connectivity index (χ1) is 9.69. The maximum Gasteiger partial charge on any atom is 0.245 e. The monoisotopic (exact) mass is 274 g/mol. The van der Waals surface area contributed by atoms with E-state index in [-0.39, 0.29) is 11.9 Å². The van der Waals surface area contributed by atoms with Crippen LogP contribution in [-0.4, -0.2) is 42.1 Å². The van der Waals surface area contributed by atoms with Gasteiger partial charge in [0.2, 0.25) is 5.91 Å². The Morgan fingerprint density at radius 1 is 1.40 bits per heavy atom. The average molecular weight is 274 g/mol. The number of nitrogens with zero attached hydrogens (tertiary/aromatic N) is 1. The lowest BCUT2D eigenvalue weighted by atomic mass is 9.96. The number of carbonyl (C=O) groups is 1. The van der Waals surface area contributed by atoms with E-state index in [0.29, 0.717) is 19.6 Å². The van der Waals surface area contributed by atoms with Crippen molar-refractivity contribution in [3.05, 3.63) is 35.9 Å². The highest BCUT2D eigenvalue weighted by atomic mass is 16.5. The lowest BCUT2D eigenvalue weighted by Crippen LogP contribution is -2.57. The predicted molar refractivity (Wildman–Crippen MR) is 77.2 cm³/mol. The highest BCUT2D eigenvalue weighted by Crippen LogP contribution is 2.26. The van der Waals surface area contributed by atoms with Gasteiger partial charge in [0.1, 0.15) is 5.54 Å². The fourth-order valence-corrected chi connectivity index (χ4v) is 3.24. The van der Waals surface area contributed by atoms with Crippen molar-refractivity contribution in [3.8, 4) is 0 Å². The number of hydrogen-bond donors (Lipinski definition) is 1. The van der Waals surface area contributed by atoms with Gasteiger partial charge in [-0.1, -0.05) is 30.3 Å². The van der Waals surface area contributed by atoms with E-state index < -0.39 is 5.54 Å². The molecule has 1 amide bonds. The molecule has 1 aromatic carbocycles. The smallest absolute Gasteiger partial charge is 0.245 e. The molecule has 2 N–H and O–H groups in total. The number of carbonyl (C=O) groups excluding carboxylic acids is 1. The summed E-state index contributed by atoms with van der Waals surface area (Å²) in [7, 11) is 0. The van der Waals surface area contributed by atoms with Gasteiger partial charge < -0.3 is 15.4 Å². The van der Waals surface area contributed by atoms with E-state index in [4.69, 9.17) is 10.5 Å². The van der Waals surface area contributed by atoms with E-state index in [1.54, 1.807) is 0 Å². The Hall–Kier alpha value is -1.39. The summed E-state index contributed by atoms with van der Waals surface area (Å²) in [5.74, 6) is 0.0773. The van der Waals surface area contributed by atoms with Gasteiger partial charge >= 0.3 is 0 Å². The van der Waals surface area contributed by atoms with Gasteiger partial charge in [0.15, 0.2) is 0 Å². The van der Waals surface area contributed by atoms with Crippen LogP contribution in [0.25, 0.3) is 0 Å². The van der Waals surface area contributed by atoms with Crippen molar-refractivity contribution in [2.24, 2.45) is 5.73 Å². The molecule has 2 fully saturated rings. The maximum absolute atomic E-state index is 12.7. The van der Waals surface area contributed by atoms with Gasteiger partial charge in [-0.3, -0.25) is 4.79 Å². The third-order valence-corrected chi connectivity index (χ3v) is 4.43. The standard InChI is InChI=1S/C16H22N2O2/c17-16(8-10-20-12-16)15(19)18-9-4-7-14(18)11-13-5-2-1-3-6-13/h1-3,5-6,14H,4,7-12,17H2. The van der Waals surface area contributed by atoms with Crippen LogP contribution in [-0.2, 0) is 16.0 Å². The third-order valence-electron chi connectivity index (χ3n) is 4.43. The summed E-state index contributed by atoms with van der Waals surface area (Å²) in [5.41, 5.74) is 6.71. The number of benzene rings is 1. The molecule has 0 aromatic heterocycles. The van der Waals surface area contributed by atoms with Gasteiger partial charge in [-0.05, 0) is 31.2 Å². The molecule has 20 heavy (non-hydrogen) atoms. The second kappa shape index (κ2) is 5.54. The largest absolute Gasteiger partial charge is 0.379 e. The van der Waals surface area contributed by atoms with Crippen LogP contribution in [0.5, 0.6) is 0 Å². The van der Waals surface area contributed by atoms with Crippen molar-refractivity contribution in [1.29, 1.82) is 0 Å². The van der Waals surface area contributed by atoms with Crippen molar-refractivity contribution in [3.63, 3.8) is 0 Å². The quantitative estimate of drug-likeness (QED) is 0.905. The Labute approximate surface area is 119 Å². The van der Waals surface area contributed by atoms with Crippen LogP contribution in [0.15, 0.2) is 30.3 Å². The SMILES string of the molecule is NC1(C(=O)N2CCCC2Cc2ccccc2)CCOC1. The fraction of sp³-hybridized carbons (Fsp3) is 0.562. The molecule has 2 aliphatic heterocycles. The first kappa shape index (κ1) is 13.6. The Bertz CT molecular complexity index is 469. The number of rotatable bonds is 3. The molecule has 4 nitrogen and oxygen atoms in total. The first-order valence-corrected chi connectivity index (χ1v) is 7.41. The number of amides is 1. The van der Waals surface area contributed by atoms with Gasteiger partial charge in [0, 0.05) is 19.2 Å². The molecule has 3 rings (SSSR count). The second-order valence-electron chi connectivity index (χ2n) is 5.94. The minimum Gasteiger partial charge on any atom is -0.379 e. The van der Waals surface area contributed by atoms with E-state index in [1.807, 2.05) is 23.1 Å². The van der Waals surface area contributed by atoms with Crippen LogP contribution in [0.1, 0.15) is 24.8 Å². The fourth-order valence-electron chi connectivity index (χ4n) is 3.24. The van der Waals surface area contributed by atoms with Crippen molar-refractivity contribution >= 4 is 5.91 Å². The van der Waals surface area contributed by atoms with Crippen LogP contribution >= 0.6 is 0 Å². The van der Waals surface area contributed by atoms with Gasteiger partial charge in [0.25, 0.3) is 0 Å². The summed E-state index contributed by atoms with van der Waals surface area (Å²) in [6.07, 6.45) is 3.70. The lowest BCUT2D eigenvalue weighted by molar-refractivity contribution is -0.137. The molecule has 0 bridgehead atoms. The molecule has 4 heteroatoms. The maximum atomic E-state index is 12.7. The third kappa shape index (κ3) is 2.58. The highest BCUT2D eigenvalue weighted by molar-refractivity contribution is 5.87. The molecule has 1 aromatic rings. The molecule has 2 aliphatic rings. The van der Waals surface area contributed by atoms with Gasteiger partial charge in [0.05, 0.1) is 6.61 Å². The van der Waals surface area contributed by atoms with E-state index in [2.05, 4.69) is 12.1 Å². The van der Waals surface area contributed by atoms with Gasteiger partial charge in [-0.2, -0.15) is 0 Å². The summed E-state index contributed by atoms with van der Waals surface area (Å²) in [6, 6.07) is 10.6. The van der Waals surface area contributed by atoms with Crippen LogP contribution in [0, 0.1) is 0 Å². The Kier molecular flexibility index (Phi) is 3.76. The topological polar surface area (TPSA) is 55.6 Å². The number of hydrogen-bond acceptors (Lipinski definition) is 3. The molecule has 0 aliphatic carbocycles. The molecule has 2 unspecified atom stereocenters. The van der Waals surface area contributed by atoms with Crippen LogP contribution in [0.4, 0.5) is 0 Å². The number of nitrogens with two attached hydrogens (primary N) is 1. The predicted octanol–water partition coefficient (Wildman–Crippen LogP) is 1.34. The normalized spacial score (nSPS) is 29.9. The molecule has 0 spiro atoms. The van der Waals surface area contributed by atoms with Crippen molar-refractivity contribution in [2.45, 2.75) is 37.3 Å². The molecular formula is C16H22N2O2. The second-order valence-corrected chi connectivity index (χ2v) is 5.94. The van der Waals surface area contributed by atoms with Crippen molar-refractivity contribution in [1.82, 2.24) is 4.90 Å². The first-order valence-electron chi connectivity index (χ1n) is 7.41. The Morgan fingerprint density at radius 2 is 2.20 bits per heavy atom. The minimum absolute atomic E-state index is 0.0773. The zero-order valence-corrected chi connectivity index (χ0v) is 11.8. The van der Waals surface area contributed by atoms with E-state index >= 15 is 0 Å². The molecule has 2 atom stereocenters. The average Bonchev–Trinajstić information content (AvgIpc) is 3.09. The Morgan fingerprint density at radius 3 is 2.90 bits per heavy atom. The van der Waals surface area contributed by atoms with E-state index in [9.17, 15) is 4.79 Å².